The van der Waals surface area contributed by atoms with E-state index in [0.29, 0.717) is 22.3 Å². The van der Waals surface area contributed by atoms with Gasteiger partial charge in [-0.25, -0.2) is 4.98 Å². The molecule has 1 fully saturated rings. The summed E-state index contributed by atoms with van der Waals surface area (Å²) < 4.78 is 5.28. The molecule has 4 rings (SSSR count). The van der Waals surface area contributed by atoms with Crippen LogP contribution >= 0.6 is 11.3 Å². The normalized spacial score (nSPS) is 15.0. The van der Waals surface area contributed by atoms with Gasteiger partial charge in [-0.05, 0) is 12.1 Å². The molecule has 0 bridgehead atoms. The minimum Gasteiger partial charge on any atom is -0.495 e. The second kappa shape index (κ2) is 7.53. The van der Waals surface area contributed by atoms with Crippen LogP contribution < -0.4 is 20.6 Å². The van der Waals surface area contributed by atoms with Crippen LogP contribution in [0.5, 0.6) is 5.75 Å². The number of ether oxygens (including phenoxy) is 1. The van der Waals surface area contributed by atoms with E-state index in [0.717, 1.165) is 11.3 Å². The van der Waals surface area contributed by atoms with Gasteiger partial charge in [0, 0.05) is 10.9 Å². The van der Waals surface area contributed by atoms with Crippen molar-refractivity contribution in [3.63, 3.8) is 0 Å². The van der Waals surface area contributed by atoms with Crippen LogP contribution in [0.15, 0.2) is 77.4 Å². The number of hydrazone groups is 1. The standard InChI is InChI=1S/C20H17N5O2S/c1-13-18(23-22-15-10-6-7-11-17(15)27-2)19(26)25(24-13)20-21-16(12-28-20)14-8-4-3-5-9-14/h3-12,22,24H,1H2,2H3/b23-18-. The Kier molecular flexibility index (Phi) is 4.77. The van der Waals surface area contributed by atoms with Crippen molar-refractivity contribution >= 4 is 33.8 Å². The Bertz CT molecular complexity index is 1060. The molecule has 0 unspecified atom stereocenters. The lowest BCUT2D eigenvalue weighted by Crippen LogP contribution is -2.34. The molecule has 8 heteroatoms. The lowest BCUT2D eigenvalue weighted by molar-refractivity contribution is -0.112. The predicted molar refractivity (Wildman–Crippen MR) is 111 cm³/mol. The molecule has 2 aromatic carbocycles. The number of aromatic nitrogens is 1. The van der Waals surface area contributed by atoms with Gasteiger partial charge in [-0.15, -0.1) is 11.3 Å². The van der Waals surface area contributed by atoms with Crippen LogP contribution in [0, 0.1) is 0 Å². The predicted octanol–water partition coefficient (Wildman–Crippen LogP) is 3.65. The van der Waals surface area contributed by atoms with Gasteiger partial charge in [0.2, 0.25) is 5.13 Å². The van der Waals surface area contributed by atoms with Gasteiger partial charge >= 0.3 is 5.91 Å². The highest BCUT2D eigenvalue weighted by molar-refractivity contribution is 7.14. The number of carbonyl (C=O) groups is 1. The van der Waals surface area contributed by atoms with Crippen LogP contribution in [0.4, 0.5) is 10.8 Å². The average molecular weight is 391 g/mol. The number of benzene rings is 2. The van der Waals surface area contributed by atoms with Gasteiger partial charge in [-0.2, -0.15) is 10.1 Å². The van der Waals surface area contributed by atoms with E-state index < -0.39 is 0 Å². The molecule has 2 heterocycles. The zero-order chi connectivity index (χ0) is 19.5. The Morgan fingerprint density at radius 3 is 2.71 bits per heavy atom. The first-order valence-electron chi connectivity index (χ1n) is 8.45. The summed E-state index contributed by atoms with van der Waals surface area (Å²) in [7, 11) is 1.57. The van der Waals surface area contributed by atoms with Gasteiger partial charge in [0.05, 0.1) is 24.2 Å². The number of para-hydroxylation sites is 2. The molecule has 1 amide bonds. The summed E-state index contributed by atoms with van der Waals surface area (Å²) in [5, 5.41) is 7.99. The summed E-state index contributed by atoms with van der Waals surface area (Å²) in [6, 6.07) is 17.1. The quantitative estimate of drug-likeness (QED) is 0.649. The third-order valence-corrected chi connectivity index (χ3v) is 4.91. The molecule has 0 aliphatic carbocycles. The van der Waals surface area contributed by atoms with Crippen molar-refractivity contribution in [3.05, 3.63) is 72.3 Å². The number of anilines is 2. The van der Waals surface area contributed by atoms with Crippen molar-refractivity contribution in [1.29, 1.82) is 0 Å². The van der Waals surface area contributed by atoms with Crippen LogP contribution in [0.1, 0.15) is 0 Å². The molecule has 0 radical (unpaired) electrons. The van der Waals surface area contributed by atoms with E-state index in [9.17, 15) is 4.79 Å². The Morgan fingerprint density at radius 1 is 1.18 bits per heavy atom. The lowest BCUT2D eigenvalue weighted by Gasteiger charge is -2.10. The van der Waals surface area contributed by atoms with Crippen LogP contribution in [-0.2, 0) is 4.79 Å². The van der Waals surface area contributed by atoms with Crippen molar-refractivity contribution in [2.45, 2.75) is 0 Å². The number of hydrogen-bond acceptors (Lipinski definition) is 7. The first-order valence-corrected chi connectivity index (χ1v) is 9.33. The third kappa shape index (κ3) is 3.33. The van der Waals surface area contributed by atoms with Crippen molar-refractivity contribution in [3.8, 4) is 17.0 Å². The number of nitrogens with zero attached hydrogens (tertiary/aromatic N) is 3. The van der Waals surface area contributed by atoms with E-state index in [2.05, 4.69) is 27.5 Å². The number of rotatable bonds is 5. The largest absolute Gasteiger partial charge is 0.495 e. The molecule has 7 nitrogen and oxygen atoms in total. The topological polar surface area (TPSA) is 78.9 Å². The molecular formula is C20H17N5O2S. The zero-order valence-electron chi connectivity index (χ0n) is 15.0. The van der Waals surface area contributed by atoms with E-state index in [-0.39, 0.29) is 11.6 Å². The van der Waals surface area contributed by atoms with Crippen LogP contribution in [0.3, 0.4) is 0 Å². The fourth-order valence-electron chi connectivity index (χ4n) is 2.69. The molecule has 1 saturated heterocycles. The average Bonchev–Trinajstić information content (AvgIpc) is 3.32. The van der Waals surface area contributed by atoms with Gasteiger partial charge in [-0.3, -0.25) is 15.6 Å². The maximum Gasteiger partial charge on any atom is 0.301 e. The summed E-state index contributed by atoms with van der Waals surface area (Å²) in [5.74, 6) is 0.293. The number of carbonyl (C=O) groups excluding carboxylic acids is 1. The summed E-state index contributed by atoms with van der Waals surface area (Å²) >= 11 is 1.36. The van der Waals surface area contributed by atoms with Crippen molar-refractivity contribution < 1.29 is 9.53 Å². The second-order valence-corrected chi connectivity index (χ2v) is 6.72. The number of amides is 1. The summed E-state index contributed by atoms with van der Waals surface area (Å²) in [6.07, 6.45) is 0. The highest BCUT2D eigenvalue weighted by atomic mass is 32.1. The highest BCUT2D eigenvalue weighted by Crippen LogP contribution is 2.29. The van der Waals surface area contributed by atoms with Crippen LogP contribution in [0.2, 0.25) is 0 Å². The first kappa shape index (κ1) is 17.7. The number of methoxy groups -OCH3 is 1. The molecule has 0 saturated carbocycles. The van der Waals surface area contributed by atoms with Gasteiger partial charge < -0.3 is 4.74 Å². The van der Waals surface area contributed by atoms with Crippen molar-refractivity contribution in [2.24, 2.45) is 5.10 Å². The number of nitrogens with one attached hydrogen (secondary N) is 2. The Labute approximate surface area is 166 Å². The number of hydrogen-bond donors (Lipinski definition) is 2. The monoisotopic (exact) mass is 391 g/mol. The van der Waals surface area contributed by atoms with E-state index in [4.69, 9.17) is 4.74 Å². The van der Waals surface area contributed by atoms with E-state index >= 15 is 0 Å². The van der Waals surface area contributed by atoms with Gasteiger partial charge in [0.25, 0.3) is 0 Å². The zero-order valence-corrected chi connectivity index (χ0v) is 15.9. The second-order valence-electron chi connectivity index (χ2n) is 5.88. The molecule has 28 heavy (non-hydrogen) atoms. The minimum absolute atomic E-state index is 0.183. The minimum atomic E-state index is -0.332. The van der Waals surface area contributed by atoms with Crippen molar-refractivity contribution in [1.82, 2.24) is 10.4 Å². The molecule has 140 valence electrons. The Balaban J connectivity index is 1.55. The maximum atomic E-state index is 12.8. The lowest BCUT2D eigenvalue weighted by atomic mass is 10.2. The molecule has 2 N–H and O–H groups in total. The molecule has 0 spiro atoms. The number of hydrazine groups is 1. The van der Waals surface area contributed by atoms with Gasteiger partial charge in [0.15, 0.2) is 5.71 Å². The molecule has 1 aliphatic rings. The van der Waals surface area contributed by atoms with E-state index in [1.54, 1.807) is 13.2 Å². The van der Waals surface area contributed by atoms with Crippen LogP contribution in [0.25, 0.3) is 11.3 Å². The van der Waals surface area contributed by atoms with Crippen LogP contribution in [-0.4, -0.2) is 23.7 Å². The van der Waals surface area contributed by atoms with Crippen molar-refractivity contribution in [2.75, 3.05) is 17.5 Å². The van der Waals surface area contributed by atoms with E-state index in [1.165, 1.54) is 16.3 Å². The fraction of sp³-hybridized carbons (Fsp3) is 0.0500. The fourth-order valence-corrected chi connectivity index (χ4v) is 3.48. The molecular weight excluding hydrogens is 374 g/mol. The summed E-state index contributed by atoms with van der Waals surface area (Å²) in [4.78, 5) is 17.4. The SMILES string of the molecule is C=C1NN(c2nc(-c3ccccc3)cs2)C(=O)/C1=N\Nc1ccccc1OC. The molecule has 0 atom stereocenters. The summed E-state index contributed by atoms with van der Waals surface area (Å²) in [5.41, 5.74) is 8.82. The maximum absolute atomic E-state index is 12.8. The Morgan fingerprint density at radius 2 is 1.93 bits per heavy atom. The smallest absolute Gasteiger partial charge is 0.301 e. The first-order chi connectivity index (χ1) is 13.7. The Hall–Kier alpha value is -3.65. The highest BCUT2D eigenvalue weighted by Gasteiger charge is 2.34. The van der Waals surface area contributed by atoms with Gasteiger partial charge in [0.1, 0.15) is 5.75 Å². The molecule has 1 aromatic heterocycles. The molecule has 3 aromatic rings. The number of thiazole rings is 1. The summed E-state index contributed by atoms with van der Waals surface area (Å²) in [6.45, 7) is 3.88. The van der Waals surface area contributed by atoms with E-state index in [1.807, 2.05) is 53.9 Å². The third-order valence-electron chi connectivity index (χ3n) is 4.09. The molecule has 1 aliphatic heterocycles. The van der Waals surface area contributed by atoms with Gasteiger partial charge in [-0.1, -0.05) is 49.0 Å².